The first-order chi connectivity index (χ1) is 9.70. The van der Waals surface area contributed by atoms with Crippen LogP contribution in [0.25, 0.3) is 0 Å². The lowest BCUT2D eigenvalue weighted by Crippen LogP contribution is -2.55. The zero-order chi connectivity index (χ0) is 14.0. The molecule has 2 saturated carbocycles. The summed E-state index contributed by atoms with van der Waals surface area (Å²) in [6, 6.07) is 0. The van der Waals surface area contributed by atoms with Crippen molar-refractivity contribution in [3.63, 3.8) is 0 Å². The van der Waals surface area contributed by atoms with Crippen molar-refractivity contribution in [2.45, 2.75) is 31.0 Å². The zero-order valence-electron chi connectivity index (χ0n) is 11.9. The molecule has 4 aliphatic rings. The number of hydrogen-bond acceptors (Lipinski definition) is 5. The topological polar surface area (TPSA) is 54.0 Å². The fraction of sp³-hybridized carbons (Fsp3) is 0.800. The molecule has 3 fully saturated rings. The Morgan fingerprint density at radius 1 is 1.40 bits per heavy atom. The first kappa shape index (κ1) is 12.7. The highest BCUT2D eigenvalue weighted by Gasteiger charge is 2.78. The third-order valence-electron chi connectivity index (χ3n) is 5.73. The molecular formula is C15H20O5. The second kappa shape index (κ2) is 3.98. The van der Waals surface area contributed by atoms with Crippen molar-refractivity contribution in [2.24, 2.45) is 17.3 Å². The molecule has 1 saturated heterocycles. The molecule has 20 heavy (non-hydrogen) atoms. The molecule has 2 bridgehead atoms. The van der Waals surface area contributed by atoms with Crippen LogP contribution in [0.1, 0.15) is 19.3 Å². The maximum Gasteiger partial charge on any atom is 0.312 e. The highest BCUT2D eigenvalue weighted by Crippen LogP contribution is 2.70. The smallest absolute Gasteiger partial charge is 0.312 e. The number of rotatable bonds is 2. The van der Waals surface area contributed by atoms with E-state index in [9.17, 15) is 4.79 Å². The quantitative estimate of drug-likeness (QED) is 0.713. The minimum atomic E-state index is -0.759. The van der Waals surface area contributed by atoms with Gasteiger partial charge >= 0.3 is 5.97 Å². The van der Waals surface area contributed by atoms with Gasteiger partial charge in [0.15, 0.2) is 5.60 Å². The van der Waals surface area contributed by atoms with Gasteiger partial charge in [0.1, 0.15) is 11.9 Å². The van der Waals surface area contributed by atoms with Crippen LogP contribution in [0.3, 0.4) is 0 Å². The highest BCUT2D eigenvalue weighted by atomic mass is 16.6. The van der Waals surface area contributed by atoms with E-state index in [4.69, 9.17) is 18.9 Å². The van der Waals surface area contributed by atoms with Crippen molar-refractivity contribution in [2.75, 3.05) is 27.4 Å². The largest absolute Gasteiger partial charge is 0.498 e. The van der Waals surface area contributed by atoms with Gasteiger partial charge in [0.25, 0.3) is 0 Å². The minimum absolute atomic E-state index is 0.102. The lowest BCUT2D eigenvalue weighted by molar-refractivity contribution is -0.211. The van der Waals surface area contributed by atoms with E-state index in [0.717, 1.165) is 25.0 Å². The van der Waals surface area contributed by atoms with Crippen molar-refractivity contribution >= 4 is 5.97 Å². The molecule has 110 valence electrons. The fourth-order valence-electron chi connectivity index (χ4n) is 5.22. The van der Waals surface area contributed by atoms with E-state index in [1.165, 1.54) is 7.11 Å². The van der Waals surface area contributed by atoms with Gasteiger partial charge in [-0.3, -0.25) is 4.79 Å². The standard InChI is InChI=1S/C15H20O5/c1-17-10-8-14-5-3-4-9(14)11(12(16)18-2)15(10)13(14)19-6-7-20-15/h8-9,11,13H,3-7H2,1-2H3/t9-,11+,13-,14-,15-/m1/s1. The normalized spacial score (nSPS) is 48.5. The average molecular weight is 280 g/mol. The van der Waals surface area contributed by atoms with Crippen LogP contribution in [-0.2, 0) is 23.7 Å². The minimum Gasteiger partial charge on any atom is -0.498 e. The van der Waals surface area contributed by atoms with Gasteiger partial charge < -0.3 is 18.9 Å². The molecule has 0 aromatic heterocycles. The number of carbonyl (C=O) groups excluding carboxylic acids is 1. The van der Waals surface area contributed by atoms with Crippen LogP contribution in [0.15, 0.2) is 11.8 Å². The van der Waals surface area contributed by atoms with Crippen LogP contribution in [0.5, 0.6) is 0 Å². The van der Waals surface area contributed by atoms with Gasteiger partial charge in [0.2, 0.25) is 0 Å². The molecular weight excluding hydrogens is 260 g/mol. The van der Waals surface area contributed by atoms with Crippen molar-refractivity contribution in [3.8, 4) is 0 Å². The maximum absolute atomic E-state index is 12.4. The fourth-order valence-corrected chi connectivity index (χ4v) is 5.22. The zero-order valence-corrected chi connectivity index (χ0v) is 11.9. The first-order valence-electron chi connectivity index (χ1n) is 7.31. The van der Waals surface area contributed by atoms with Gasteiger partial charge in [0.05, 0.1) is 33.4 Å². The van der Waals surface area contributed by atoms with Gasteiger partial charge in [-0.25, -0.2) is 0 Å². The van der Waals surface area contributed by atoms with Crippen LogP contribution >= 0.6 is 0 Å². The Balaban J connectivity index is 1.90. The molecule has 1 spiro atoms. The molecule has 0 radical (unpaired) electrons. The van der Waals surface area contributed by atoms with Gasteiger partial charge in [-0.05, 0) is 24.8 Å². The number of carbonyl (C=O) groups is 1. The van der Waals surface area contributed by atoms with Crippen molar-refractivity contribution in [3.05, 3.63) is 11.8 Å². The van der Waals surface area contributed by atoms with E-state index in [1.807, 2.05) is 0 Å². The molecule has 3 aliphatic carbocycles. The monoisotopic (exact) mass is 280 g/mol. The van der Waals surface area contributed by atoms with E-state index in [0.29, 0.717) is 13.2 Å². The number of esters is 1. The second-order valence-electron chi connectivity index (χ2n) is 6.22. The summed E-state index contributed by atoms with van der Waals surface area (Å²) >= 11 is 0. The Morgan fingerprint density at radius 3 is 3.00 bits per heavy atom. The Hall–Kier alpha value is -1.07. The van der Waals surface area contributed by atoms with Gasteiger partial charge in [0, 0.05) is 5.41 Å². The van der Waals surface area contributed by atoms with Crippen LogP contribution in [0.2, 0.25) is 0 Å². The number of methoxy groups -OCH3 is 2. The summed E-state index contributed by atoms with van der Waals surface area (Å²) in [5, 5.41) is 0. The Morgan fingerprint density at radius 2 is 2.25 bits per heavy atom. The summed E-state index contributed by atoms with van der Waals surface area (Å²) < 4.78 is 22.9. The lowest BCUT2D eigenvalue weighted by atomic mass is 9.74. The van der Waals surface area contributed by atoms with Crippen LogP contribution in [0.4, 0.5) is 0 Å². The van der Waals surface area contributed by atoms with E-state index < -0.39 is 5.60 Å². The van der Waals surface area contributed by atoms with E-state index in [2.05, 4.69) is 6.08 Å². The van der Waals surface area contributed by atoms with Crippen LogP contribution in [0, 0.1) is 17.3 Å². The Bertz CT molecular complexity index is 487. The molecule has 5 atom stereocenters. The van der Waals surface area contributed by atoms with E-state index in [1.54, 1.807) is 7.11 Å². The summed E-state index contributed by atoms with van der Waals surface area (Å²) in [6.07, 6.45) is 5.25. The molecule has 0 N–H and O–H groups in total. The summed E-state index contributed by atoms with van der Waals surface area (Å²) in [7, 11) is 3.09. The third kappa shape index (κ3) is 1.16. The molecule has 0 aromatic rings. The third-order valence-corrected chi connectivity index (χ3v) is 5.73. The molecule has 1 aliphatic heterocycles. The average Bonchev–Trinajstić information content (AvgIpc) is 3.08. The van der Waals surface area contributed by atoms with Gasteiger partial charge in [-0.15, -0.1) is 0 Å². The van der Waals surface area contributed by atoms with Crippen molar-refractivity contribution in [1.82, 2.24) is 0 Å². The Labute approximate surface area is 118 Å². The first-order valence-corrected chi connectivity index (χ1v) is 7.31. The maximum atomic E-state index is 12.4. The van der Waals surface area contributed by atoms with Crippen molar-refractivity contribution < 1.29 is 23.7 Å². The van der Waals surface area contributed by atoms with Gasteiger partial charge in [-0.1, -0.05) is 6.42 Å². The molecule has 5 heteroatoms. The van der Waals surface area contributed by atoms with Gasteiger partial charge in [-0.2, -0.15) is 0 Å². The predicted octanol–water partition coefficient (Wildman–Crippen LogP) is 1.27. The summed E-state index contributed by atoms with van der Waals surface area (Å²) in [5.41, 5.74) is -0.865. The molecule has 5 nitrogen and oxygen atoms in total. The molecule has 1 heterocycles. The van der Waals surface area contributed by atoms with Crippen LogP contribution in [-0.4, -0.2) is 45.1 Å². The molecule has 0 aromatic carbocycles. The Kier molecular flexibility index (Phi) is 2.52. The summed E-state index contributed by atoms with van der Waals surface area (Å²) in [6.45, 7) is 1.08. The number of hydrogen-bond donors (Lipinski definition) is 0. The van der Waals surface area contributed by atoms with Crippen molar-refractivity contribution in [1.29, 1.82) is 0 Å². The SMILES string of the molecule is COC(=O)[C@@H]1[C@H]2CCC[C@@]23C=C(OC)[C@@]12OCCO[C@H]32. The second-order valence-corrected chi connectivity index (χ2v) is 6.22. The molecule has 0 amide bonds. The summed E-state index contributed by atoms with van der Waals surface area (Å²) in [5.74, 6) is 0.505. The molecule has 0 unspecified atom stereocenters. The van der Waals surface area contributed by atoms with E-state index >= 15 is 0 Å². The summed E-state index contributed by atoms with van der Waals surface area (Å²) in [4.78, 5) is 12.4. The van der Waals surface area contributed by atoms with Crippen LogP contribution < -0.4 is 0 Å². The number of ether oxygens (including phenoxy) is 4. The molecule has 4 rings (SSSR count). The predicted molar refractivity (Wildman–Crippen MR) is 68.8 cm³/mol. The lowest BCUT2D eigenvalue weighted by Gasteiger charge is -2.41. The highest BCUT2D eigenvalue weighted by molar-refractivity contribution is 5.78. The van der Waals surface area contributed by atoms with E-state index in [-0.39, 0.29) is 29.3 Å².